The van der Waals surface area contributed by atoms with Crippen LogP contribution in [0.2, 0.25) is 0 Å². The lowest BCUT2D eigenvalue weighted by atomic mass is 9.84. The van der Waals surface area contributed by atoms with E-state index in [0.717, 1.165) is 13.0 Å². The van der Waals surface area contributed by atoms with Crippen LogP contribution in [0.5, 0.6) is 0 Å². The Morgan fingerprint density at radius 3 is 2.77 bits per heavy atom. The van der Waals surface area contributed by atoms with Crippen molar-refractivity contribution >= 4 is 17.2 Å². The highest BCUT2D eigenvalue weighted by Gasteiger charge is 2.25. The van der Waals surface area contributed by atoms with Gasteiger partial charge in [-0.25, -0.2) is 0 Å². The van der Waals surface area contributed by atoms with Crippen LogP contribution in [0, 0.1) is 5.41 Å². The molecule has 0 saturated carbocycles. The van der Waals surface area contributed by atoms with Gasteiger partial charge in [0.15, 0.2) is 0 Å². The van der Waals surface area contributed by atoms with Crippen molar-refractivity contribution in [1.82, 2.24) is 4.90 Å². The van der Waals surface area contributed by atoms with Crippen molar-refractivity contribution in [3.05, 3.63) is 0 Å². The fraction of sp³-hybridized carbons (Fsp3) is 0.900. The average molecular weight is 200 g/mol. The van der Waals surface area contributed by atoms with Gasteiger partial charge in [-0.1, -0.05) is 26.1 Å². The van der Waals surface area contributed by atoms with Crippen molar-refractivity contribution in [2.45, 2.75) is 33.1 Å². The molecule has 0 unspecified atom stereocenters. The molecule has 1 saturated heterocycles. The molecule has 0 amide bonds. The largest absolute Gasteiger partial charge is 0.393 e. The minimum Gasteiger partial charge on any atom is -0.393 e. The molecule has 1 heterocycles. The molecule has 3 heteroatoms. The van der Waals surface area contributed by atoms with E-state index < -0.39 is 0 Å². The maximum Gasteiger partial charge on any atom is 0.0740 e. The Bertz CT molecular complexity index is 189. The molecule has 13 heavy (non-hydrogen) atoms. The second kappa shape index (κ2) is 4.38. The Hall–Kier alpha value is -0.150. The van der Waals surface area contributed by atoms with Gasteiger partial charge in [-0.05, 0) is 24.8 Å². The first kappa shape index (κ1) is 10.9. The summed E-state index contributed by atoms with van der Waals surface area (Å²) in [6, 6.07) is 0. The first-order valence-corrected chi connectivity index (χ1v) is 5.41. The molecule has 76 valence electrons. The van der Waals surface area contributed by atoms with Crippen molar-refractivity contribution in [2.24, 2.45) is 11.1 Å². The molecule has 1 rings (SSSR count). The first-order chi connectivity index (χ1) is 5.99. The van der Waals surface area contributed by atoms with Gasteiger partial charge >= 0.3 is 0 Å². The van der Waals surface area contributed by atoms with E-state index in [1.165, 1.54) is 25.9 Å². The molecule has 0 aromatic carbocycles. The maximum atomic E-state index is 5.48. The fourth-order valence-electron chi connectivity index (χ4n) is 2.00. The molecule has 0 aromatic rings. The molecule has 1 aliphatic heterocycles. The minimum atomic E-state index is 0.481. The monoisotopic (exact) mass is 200 g/mol. The zero-order valence-electron chi connectivity index (χ0n) is 8.68. The molecule has 0 atom stereocenters. The number of hydrogen-bond donors (Lipinski definition) is 1. The number of nitrogens with zero attached hydrogens (tertiary/aromatic N) is 1. The number of nitrogens with two attached hydrogens (primary N) is 1. The van der Waals surface area contributed by atoms with Crippen LogP contribution in [0.25, 0.3) is 0 Å². The minimum absolute atomic E-state index is 0.481. The van der Waals surface area contributed by atoms with E-state index in [1.54, 1.807) is 0 Å². The van der Waals surface area contributed by atoms with Gasteiger partial charge in [-0.3, -0.25) is 0 Å². The summed E-state index contributed by atoms with van der Waals surface area (Å²) in [5.74, 6) is 0. The highest BCUT2D eigenvalue weighted by molar-refractivity contribution is 7.80. The van der Waals surface area contributed by atoms with E-state index in [2.05, 4.69) is 18.7 Å². The van der Waals surface area contributed by atoms with Crippen molar-refractivity contribution in [3.8, 4) is 0 Å². The van der Waals surface area contributed by atoms with E-state index in [-0.39, 0.29) is 0 Å². The average Bonchev–Trinajstić information content (AvgIpc) is 1.99. The van der Waals surface area contributed by atoms with Crippen LogP contribution in [-0.4, -0.2) is 29.5 Å². The van der Waals surface area contributed by atoms with Crippen LogP contribution < -0.4 is 5.73 Å². The second-order valence-corrected chi connectivity index (χ2v) is 5.28. The van der Waals surface area contributed by atoms with Crippen molar-refractivity contribution in [3.63, 3.8) is 0 Å². The molecule has 2 nitrogen and oxygen atoms in total. The van der Waals surface area contributed by atoms with Crippen molar-refractivity contribution in [2.75, 3.05) is 19.6 Å². The number of rotatable bonds is 3. The van der Waals surface area contributed by atoms with Gasteiger partial charge in [0.2, 0.25) is 0 Å². The van der Waals surface area contributed by atoms with Gasteiger partial charge in [0.1, 0.15) is 0 Å². The third-order valence-electron chi connectivity index (χ3n) is 2.65. The summed E-state index contributed by atoms with van der Waals surface area (Å²) in [6.07, 6.45) is 3.52. The molecule has 0 spiro atoms. The summed E-state index contributed by atoms with van der Waals surface area (Å²) >= 11 is 4.87. The summed E-state index contributed by atoms with van der Waals surface area (Å²) in [7, 11) is 0. The van der Waals surface area contributed by atoms with Crippen LogP contribution in [-0.2, 0) is 0 Å². The predicted molar refractivity (Wildman–Crippen MR) is 60.9 cm³/mol. The normalized spacial score (nSPS) is 22.9. The van der Waals surface area contributed by atoms with Gasteiger partial charge in [0.05, 0.1) is 4.99 Å². The molecule has 0 bridgehead atoms. The smallest absolute Gasteiger partial charge is 0.0740 e. The van der Waals surface area contributed by atoms with Gasteiger partial charge in [-0.15, -0.1) is 0 Å². The Kier molecular flexibility index (Phi) is 3.68. The molecular formula is C10H20N2S. The fourth-order valence-corrected chi connectivity index (χ4v) is 2.10. The maximum absolute atomic E-state index is 5.48. The third-order valence-corrected chi connectivity index (χ3v) is 2.86. The zero-order chi connectivity index (χ0) is 9.90. The molecule has 1 fully saturated rings. The van der Waals surface area contributed by atoms with Crippen LogP contribution >= 0.6 is 12.2 Å². The predicted octanol–water partition coefficient (Wildman–Crippen LogP) is 1.78. The third kappa shape index (κ3) is 4.05. The van der Waals surface area contributed by atoms with E-state index in [9.17, 15) is 0 Å². The Morgan fingerprint density at radius 1 is 1.54 bits per heavy atom. The molecular weight excluding hydrogens is 180 g/mol. The highest BCUT2D eigenvalue weighted by Crippen LogP contribution is 2.28. The molecule has 0 aromatic heterocycles. The van der Waals surface area contributed by atoms with Crippen LogP contribution in [0.3, 0.4) is 0 Å². The summed E-state index contributed by atoms with van der Waals surface area (Å²) in [4.78, 5) is 3.12. The molecule has 2 N–H and O–H groups in total. The standard InChI is InChI=1S/C10H20N2S/c1-10(2)5-3-6-12(8-10)7-4-9(11)13/h3-8H2,1-2H3,(H2,11,13). The van der Waals surface area contributed by atoms with E-state index in [1.807, 2.05) is 0 Å². The number of thiocarbonyl (C=S) groups is 1. The summed E-state index contributed by atoms with van der Waals surface area (Å²) < 4.78 is 0. The number of hydrogen-bond acceptors (Lipinski definition) is 2. The molecule has 0 aliphatic carbocycles. The SMILES string of the molecule is CC1(C)CCCN(CCC(N)=S)C1. The molecule has 1 aliphatic rings. The van der Waals surface area contributed by atoms with Crippen molar-refractivity contribution in [1.29, 1.82) is 0 Å². The van der Waals surface area contributed by atoms with Gasteiger partial charge in [0, 0.05) is 19.5 Å². The van der Waals surface area contributed by atoms with Crippen LogP contribution in [0.4, 0.5) is 0 Å². The van der Waals surface area contributed by atoms with Crippen LogP contribution in [0.15, 0.2) is 0 Å². The van der Waals surface area contributed by atoms with Gasteiger partial charge < -0.3 is 10.6 Å². The lowest BCUT2D eigenvalue weighted by molar-refractivity contribution is 0.121. The van der Waals surface area contributed by atoms with Crippen molar-refractivity contribution < 1.29 is 0 Å². The Labute approximate surface area is 86.5 Å². The number of likely N-dealkylation sites (tertiary alicyclic amines) is 1. The Balaban J connectivity index is 2.30. The molecule has 0 radical (unpaired) electrons. The zero-order valence-corrected chi connectivity index (χ0v) is 9.49. The summed E-state index contributed by atoms with van der Waals surface area (Å²) in [5.41, 5.74) is 5.96. The summed E-state index contributed by atoms with van der Waals surface area (Å²) in [5, 5.41) is 0. The van der Waals surface area contributed by atoms with E-state index in [0.29, 0.717) is 10.4 Å². The van der Waals surface area contributed by atoms with E-state index in [4.69, 9.17) is 18.0 Å². The van der Waals surface area contributed by atoms with Gasteiger partial charge in [0.25, 0.3) is 0 Å². The van der Waals surface area contributed by atoms with Crippen LogP contribution in [0.1, 0.15) is 33.1 Å². The number of piperidine rings is 1. The lowest BCUT2D eigenvalue weighted by Gasteiger charge is -2.38. The topological polar surface area (TPSA) is 29.3 Å². The van der Waals surface area contributed by atoms with E-state index >= 15 is 0 Å². The highest BCUT2D eigenvalue weighted by atomic mass is 32.1. The quantitative estimate of drug-likeness (QED) is 0.704. The Morgan fingerprint density at radius 2 is 2.23 bits per heavy atom. The second-order valence-electron chi connectivity index (χ2n) is 4.76. The lowest BCUT2D eigenvalue weighted by Crippen LogP contribution is -2.41. The first-order valence-electron chi connectivity index (χ1n) is 5.00. The van der Waals surface area contributed by atoms with Gasteiger partial charge in [-0.2, -0.15) is 0 Å². The summed E-state index contributed by atoms with van der Waals surface area (Å²) in [6.45, 7) is 8.11.